The van der Waals surface area contributed by atoms with Crippen LogP contribution in [0.5, 0.6) is 0 Å². The van der Waals surface area contributed by atoms with Gasteiger partial charge >= 0.3 is 0 Å². The first kappa shape index (κ1) is 23.6. The number of nitrogens with zero attached hydrogens (tertiary/aromatic N) is 5. The van der Waals surface area contributed by atoms with Crippen LogP contribution in [-0.4, -0.2) is 42.4 Å². The Bertz CT molecular complexity index is 1650. The number of carbonyl (C=O) groups is 1. The fourth-order valence-electron chi connectivity index (χ4n) is 5.01. The van der Waals surface area contributed by atoms with Crippen LogP contribution in [0.3, 0.4) is 0 Å². The number of rotatable bonds is 5. The zero-order chi connectivity index (χ0) is 25.5. The maximum absolute atomic E-state index is 14.5. The summed E-state index contributed by atoms with van der Waals surface area (Å²) in [6.07, 6.45) is 0.860. The Morgan fingerprint density at radius 2 is 1.84 bits per heavy atom. The fraction of sp³-hybridized carbons (Fsp3) is 0.241. The van der Waals surface area contributed by atoms with E-state index < -0.39 is 0 Å². The minimum Gasteiger partial charge on any atom is -0.337 e. The first-order valence-corrected chi connectivity index (χ1v) is 13.2. The number of fused-ring (bicyclic) bond motifs is 4. The fourth-order valence-corrected chi connectivity index (χ4v) is 5.80. The summed E-state index contributed by atoms with van der Waals surface area (Å²) in [6.45, 7) is 5.56. The number of hydrogen-bond acceptors (Lipinski definition) is 5. The van der Waals surface area contributed by atoms with Crippen molar-refractivity contribution in [1.29, 1.82) is 0 Å². The molecule has 0 saturated heterocycles. The summed E-state index contributed by atoms with van der Waals surface area (Å²) in [5.74, 6) is -0.200. The van der Waals surface area contributed by atoms with Gasteiger partial charge in [0.05, 0.1) is 17.3 Å². The standard InChI is InChI=1S/C29H26FN5OS/c1-18-11-12-25-23(15-18)26-27(35(25)17-22-9-5-6-10-24(22)30)31-29(33-32-26)37-19(2)28(36)34-14-13-20-7-3-4-8-21(20)16-34/h3-12,15,19H,13-14,16-17H2,1-2H3. The highest BCUT2D eigenvalue weighted by atomic mass is 32.2. The van der Waals surface area contributed by atoms with Gasteiger partial charge in [0.25, 0.3) is 0 Å². The van der Waals surface area contributed by atoms with E-state index in [4.69, 9.17) is 4.98 Å². The lowest BCUT2D eigenvalue weighted by Gasteiger charge is -2.30. The van der Waals surface area contributed by atoms with E-state index in [1.165, 1.54) is 29.0 Å². The molecular weight excluding hydrogens is 485 g/mol. The first-order valence-electron chi connectivity index (χ1n) is 12.4. The zero-order valence-corrected chi connectivity index (χ0v) is 21.5. The van der Waals surface area contributed by atoms with Gasteiger partial charge in [-0.25, -0.2) is 9.37 Å². The number of halogens is 1. The molecule has 1 aliphatic rings. The van der Waals surface area contributed by atoms with Crippen molar-refractivity contribution in [1.82, 2.24) is 24.6 Å². The third-order valence-corrected chi connectivity index (χ3v) is 7.90. The van der Waals surface area contributed by atoms with E-state index in [1.807, 2.05) is 53.6 Å². The highest BCUT2D eigenvalue weighted by Gasteiger charge is 2.26. The first-order chi connectivity index (χ1) is 18.0. The lowest BCUT2D eigenvalue weighted by atomic mass is 10.00. The number of aromatic nitrogens is 4. The number of hydrogen-bond donors (Lipinski definition) is 0. The van der Waals surface area contributed by atoms with Gasteiger partial charge in [-0.1, -0.05) is 65.9 Å². The van der Waals surface area contributed by atoms with Gasteiger partial charge < -0.3 is 9.47 Å². The zero-order valence-electron chi connectivity index (χ0n) is 20.7. The maximum atomic E-state index is 14.5. The minimum absolute atomic E-state index is 0.0609. The maximum Gasteiger partial charge on any atom is 0.236 e. The third kappa shape index (κ3) is 4.46. The van der Waals surface area contributed by atoms with Crippen LogP contribution in [0.25, 0.3) is 22.1 Å². The van der Waals surface area contributed by atoms with Crippen LogP contribution in [0.1, 0.15) is 29.2 Å². The number of carbonyl (C=O) groups excluding carboxylic acids is 1. The molecule has 1 unspecified atom stereocenters. The molecule has 0 radical (unpaired) electrons. The Balaban J connectivity index is 1.32. The van der Waals surface area contributed by atoms with Crippen LogP contribution in [0.2, 0.25) is 0 Å². The van der Waals surface area contributed by atoms with E-state index in [0.717, 1.165) is 22.9 Å². The van der Waals surface area contributed by atoms with Gasteiger partial charge in [0, 0.05) is 24.0 Å². The van der Waals surface area contributed by atoms with Crippen molar-refractivity contribution >= 4 is 39.7 Å². The third-order valence-electron chi connectivity index (χ3n) is 6.96. The molecule has 3 heterocycles. The van der Waals surface area contributed by atoms with Crippen molar-refractivity contribution in [2.75, 3.05) is 6.54 Å². The van der Waals surface area contributed by atoms with E-state index in [9.17, 15) is 9.18 Å². The number of benzene rings is 3. The molecule has 5 aromatic rings. The molecule has 6 rings (SSSR count). The summed E-state index contributed by atoms with van der Waals surface area (Å²) < 4.78 is 16.5. The Morgan fingerprint density at radius 1 is 1.05 bits per heavy atom. The van der Waals surface area contributed by atoms with Crippen molar-refractivity contribution < 1.29 is 9.18 Å². The highest BCUT2D eigenvalue weighted by Crippen LogP contribution is 2.31. The van der Waals surface area contributed by atoms with Gasteiger partial charge in [-0.05, 0) is 49.6 Å². The predicted molar refractivity (Wildman–Crippen MR) is 144 cm³/mol. The molecule has 0 saturated carbocycles. The van der Waals surface area contributed by atoms with Crippen molar-refractivity contribution in [2.24, 2.45) is 0 Å². The summed E-state index contributed by atoms with van der Waals surface area (Å²) in [5.41, 5.74) is 6.40. The Labute approximate surface area is 218 Å². The van der Waals surface area contributed by atoms with Crippen LogP contribution < -0.4 is 0 Å². The molecule has 0 bridgehead atoms. The Hall–Kier alpha value is -3.78. The van der Waals surface area contributed by atoms with Gasteiger partial charge in [-0.15, -0.1) is 10.2 Å². The molecule has 1 amide bonds. The normalized spacial score (nSPS) is 14.2. The molecule has 1 atom stereocenters. The average Bonchev–Trinajstić information content (AvgIpc) is 3.21. The molecule has 37 heavy (non-hydrogen) atoms. The molecule has 3 aromatic carbocycles. The van der Waals surface area contributed by atoms with E-state index in [-0.39, 0.29) is 17.0 Å². The van der Waals surface area contributed by atoms with Crippen LogP contribution in [0, 0.1) is 12.7 Å². The van der Waals surface area contributed by atoms with Crippen LogP contribution >= 0.6 is 11.8 Å². The molecule has 0 spiro atoms. The van der Waals surface area contributed by atoms with Crippen molar-refractivity contribution in [2.45, 2.75) is 43.8 Å². The topological polar surface area (TPSA) is 63.9 Å². The summed E-state index contributed by atoms with van der Waals surface area (Å²) >= 11 is 1.31. The molecule has 0 fully saturated rings. The summed E-state index contributed by atoms with van der Waals surface area (Å²) in [7, 11) is 0. The van der Waals surface area contributed by atoms with Crippen LogP contribution in [0.4, 0.5) is 4.39 Å². The summed E-state index contributed by atoms with van der Waals surface area (Å²) in [6, 6.07) is 21.1. The SMILES string of the molecule is Cc1ccc2c(c1)c1nnc(SC(C)C(=O)N3CCc4ccccc4C3)nc1n2Cc1ccccc1F. The number of thioether (sulfide) groups is 1. The van der Waals surface area contributed by atoms with Crippen molar-refractivity contribution in [3.63, 3.8) is 0 Å². The van der Waals surface area contributed by atoms with Gasteiger partial charge in [0.2, 0.25) is 11.1 Å². The van der Waals surface area contributed by atoms with Gasteiger partial charge in [-0.3, -0.25) is 4.79 Å². The molecule has 186 valence electrons. The van der Waals surface area contributed by atoms with Crippen LogP contribution in [0.15, 0.2) is 71.9 Å². The highest BCUT2D eigenvalue weighted by molar-refractivity contribution is 8.00. The van der Waals surface area contributed by atoms with E-state index in [0.29, 0.717) is 41.5 Å². The Morgan fingerprint density at radius 3 is 2.68 bits per heavy atom. The minimum atomic E-state index is -0.365. The number of aryl methyl sites for hydroxylation is 1. The monoisotopic (exact) mass is 511 g/mol. The second-order valence-electron chi connectivity index (χ2n) is 9.50. The average molecular weight is 512 g/mol. The van der Waals surface area contributed by atoms with E-state index in [2.05, 4.69) is 28.4 Å². The second-order valence-corrected chi connectivity index (χ2v) is 10.8. The Kier molecular flexibility index (Phi) is 6.12. The largest absolute Gasteiger partial charge is 0.337 e. The van der Waals surface area contributed by atoms with E-state index in [1.54, 1.807) is 12.1 Å². The predicted octanol–water partition coefficient (Wildman–Crippen LogP) is 5.54. The van der Waals surface area contributed by atoms with E-state index >= 15 is 0 Å². The smallest absolute Gasteiger partial charge is 0.236 e. The van der Waals surface area contributed by atoms with Gasteiger partial charge in [0.15, 0.2) is 5.65 Å². The van der Waals surface area contributed by atoms with Gasteiger partial charge in [0.1, 0.15) is 11.3 Å². The summed E-state index contributed by atoms with van der Waals surface area (Å²) in [4.78, 5) is 20.0. The quantitative estimate of drug-likeness (QED) is 0.290. The number of amides is 1. The lowest BCUT2D eigenvalue weighted by molar-refractivity contribution is -0.131. The molecule has 6 nitrogen and oxygen atoms in total. The molecule has 2 aromatic heterocycles. The van der Waals surface area contributed by atoms with Crippen molar-refractivity contribution in [3.8, 4) is 0 Å². The molecule has 1 aliphatic heterocycles. The van der Waals surface area contributed by atoms with Gasteiger partial charge in [-0.2, -0.15) is 0 Å². The molecular formula is C29H26FN5OS. The molecule has 0 aliphatic carbocycles. The molecule has 0 N–H and O–H groups in total. The summed E-state index contributed by atoms with van der Waals surface area (Å²) in [5, 5.41) is 9.88. The second kappa shape index (κ2) is 9.59. The lowest BCUT2D eigenvalue weighted by Crippen LogP contribution is -2.40. The molecule has 8 heteroatoms. The van der Waals surface area contributed by atoms with Crippen molar-refractivity contribution in [3.05, 3.63) is 94.8 Å². The van der Waals surface area contributed by atoms with Crippen LogP contribution in [-0.2, 0) is 24.3 Å².